The average Bonchev–Trinajstić information content (AvgIpc) is 1.98. The highest BCUT2D eigenvalue weighted by molar-refractivity contribution is 5.70. The van der Waals surface area contributed by atoms with Gasteiger partial charge in [0.15, 0.2) is 0 Å². The van der Waals surface area contributed by atoms with Crippen molar-refractivity contribution in [2.75, 3.05) is 23.3 Å². The highest BCUT2D eigenvalue weighted by Crippen LogP contribution is 2.20. The van der Waals surface area contributed by atoms with Crippen molar-refractivity contribution in [2.45, 2.75) is 6.92 Å². The molecule has 1 aromatic carbocycles. The average molecular weight is 151 g/mol. The topological polar surface area (TPSA) is 64.1 Å². The van der Waals surface area contributed by atoms with Crippen molar-refractivity contribution in [2.24, 2.45) is 0 Å². The monoisotopic (exact) mass is 151 g/mol. The second kappa shape index (κ2) is 3.14. The van der Waals surface area contributed by atoms with Crippen molar-refractivity contribution in [3.8, 4) is 0 Å². The molecule has 1 rings (SSSR count). The van der Waals surface area contributed by atoms with Crippen LogP contribution in [0.4, 0.5) is 17.1 Å². The van der Waals surface area contributed by atoms with Crippen molar-refractivity contribution in [3.05, 3.63) is 18.2 Å². The molecule has 0 unspecified atom stereocenters. The van der Waals surface area contributed by atoms with E-state index in [1.165, 1.54) is 0 Å². The summed E-state index contributed by atoms with van der Waals surface area (Å²) in [4.78, 5) is 0. The Bertz CT molecular complexity index is 245. The zero-order chi connectivity index (χ0) is 8.27. The molecule has 0 fully saturated rings. The smallest absolute Gasteiger partial charge is 0.0594 e. The number of hydrogen-bond donors (Lipinski definition) is 3. The fourth-order valence-electron chi connectivity index (χ4n) is 0.917. The molecule has 0 aromatic heterocycles. The van der Waals surface area contributed by atoms with Crippen molar-refractivity contribution >= 4 is 17.1 Å². The third-order valence-corrected chi connectivity index (χ3v) is 1.44. The van der Waals surface area contributed by atoms with Gasteiger partial charge in [0, 0.05) is 12.2 Å². The van der Waals surface area contributed by atoms with Crippen molar-refractivity contribution < 1.29 is 0 Å². The third kappa shape index (κ3) is 1.77. The highest BCUT2D eigenvalue weighted by atomic mass is 14.9. The minimum atomic E-state index is 0.732. The van der Waals surface area contributed by atoms with Gasteiger partial charge in [-0.15, -0.1) is 0 Å². The van der Waals surface area contributed by atoms with E-state index in [4.69, 9.17) is 11.5 Å². The van der Waals surface area contributed by atoms with Gasteiger partial charge in [0.1, 0.15) is 0 Å². The van der Waals surface area contributed by atoms with E-state index in [1.54, 1.807) is 12.1 Å². The van der Waals surface area contributed by atoms with E-state index in [1.807, 2.05) is 13.0 Å². The summed E-state index contributed by atoms with van der Waals surface area (Å²) in [7, 11) is 0. The Labute approximate surface area is 66.4 Å². The van der Waals surface area contributed by atoms with Crippen LogP contribution in [0.1, 0.15) is 6.92 Å². The van der Waals surface area contributed by atoms with Crippen LogP contribution in [0.25, 0.3) is 0 Å². The molecule has 5 N–H and O–H groups in total. The summed E-state index contributed by atoms with van der Waals surface area (Å²) in [5.41, 5.74) is 13.6. The molecule has 0 spiro atoms. The normalized spacial score (nSPS) is 9.55. The minimum absolute atomic E-state index is 0.732. The minimum Gasteiger partial charge on any atom is -0.399 e. The molecule has 0 radical (unpaired) electrons. The number of anilines is 3. The van der Waals surface area contributed by atoms with E-state index < -0.39 is 0 Å². The first-order chi connectivity index (χ1) is 5.24. The maximum atomic E-state index is 5.66. The number of nitrogens with one attached hydrogen (secondary N) is 1. The molecule has 0 bridgehead atoms. The molecule has 0 saturated heterocycles. The Morgan fingerprint density at radius 3 is 2.73 bits per heavy atom. The van der Waals surface area contributed by atoms with Gasteiger partial charge in [-0.05, 0) is 25.1 Å². The van der Waals surface area contributed by atoms with Crippen molar-refractivity contribution in [1.29, 1.82) is 0 Å². The summed E-state index contributed by atoms with van der Waals surface area (Å²) >= 11 is 0. The first-order valence-corrected chi connectivity index (χ1v) is 3.63. The molecule has 3 nitrogen and oxygen atoms in total. The van der Waals surface area contributed by atoms with Crippen LogP contribution in [0.15, 0.2) is 18.2 Å². The number of hydrogen-bond acceptors (Lipinski definition) is 3. The van der Waals surface area contributed by atoms with E-state index in [-0.39, 0.29) is 0 Å². The Morgan fingerprint density at radius 2 is 2.09 bits per heavy atom. The van der Waals surface area contributed by atoms with Crippen LogP contribution >= 0.6 is 0 Å². The lowest BCUT2D eigenvalue weighted by Crippen LogP contribution is -2.01. The van der Waals surface area contributed by atoms with E-state index in [0.29, 0.717) is 0 Å². The Hall–Kier alpha value is -1.38. The summed E-state index contributed by atoms with van der Waals surface area (Å²) < 4.78 is 0. The lowest BCUT2D eigenvalue weighted by atomic mass is 10.2. The zero-order valence-corrected chi connectivity index (χ0v) is 6.59. The summed E-state index contributed by atoms with van der Waals surface area (Å²) in [5.74, 6) is 0. The van der Waals surface area contributed by atoms with Gasteiger partial charge in [-0.3, -0.25) is 0 Å². The Morgan fingerprint density at radius 1 is 1.36 bits per heavy atom. The van der Waals surface area contributed by atoms with Crippen LogP contribution in [-0.2, 0) is 0 Å². The number of nitrogens with two attached hydrogens (primary N) is 2. The van der Waals surface area contributed by atoms with Gasteiger partial charge in [-0.1, -0.05) is 0 Å². The van der Waals surface area contributed by atoms with Crippen molar-refractivity contribution in [1.82, 2.24) is 0 Å². The zero-order valence-electron chi connectivity index (χ0n) is 6.59. The Kier molecular flexibility index (Phi) is 2.21. The third-order valence-electron chi connectivity index (χ3n) is 1.44. The predicted octanol–water partition coefficient (Wildman–Crippen LogP) is 1.28. The fraction of sp³-hybridized carbons (Fsp3) is 0.250. The van der Waals surface area contributed by atoms with E-state index in [2.05, 4.69) is 5.32 Å². The number of rotatable bonds is 2. The molecule has 11 heavy (non-hydrogen) atoms. The quantitative estimate of drug-likeness (QED) is 0.558. The van der Waals surface area contributed by atoms with E-state index in [0.717, 1.165) is 23.6 Å². The largest absolute Gasteiger partial charge is 0.399 e. The fourth-order valence-corrected chi connectivity index (χ4v) is 0.917. The van der Waals surface area contributed by atoms with Gasteiger partial charge in [0.05, 0.1) is 11.4 Å². The van der Waals surface area contributed by atoms with Gasteiger partial charge in [-0.25, -0.2) is 0 Å². The molecular weight excluding hydrogens is 138 g/mol. The second-order valence-electron chi connectivity index (χ2n) is 2.38. The van der Waals surface area contributed by atoms with Gasteiger partial charge in [0.2, 0.25) is 0 Å². The molecule has 3 heteroatoms. The summed E-state index contributed by atoms with van der Waals surface area (Å²) in [5, 5.41) is 3.11. The van der Waals surface area contributed by atoms with Gasteiger partial charge < -0.3 is 16.8 Å². The van der Waals surface area contributed by atoms with Crippen LogP contribution in [0.5, 0.6) is 0 Å². The first kappa shape index (κ1) is 7.72. The van der Waals surface area contributed by atoms with Gasteiger partial charge >= 0.3 is 0 Å². The maximum absolute atomic E-state index is 5.66. The van der Waals surface area contributed by atoms with Crippen LogP contribution < -0.4 is 16.8 Å². The van der Waals surface area contributed by atoms with Gasteiger partial charge in [-0.2, -0.15) is 0 Å². The standard InChI is InChI=1S/C8H13N3/c1-2-11-8-5-6(9)3-4-7(8)10/h3-5,11H,2,9-10H2,1H3. The first-order valence-electron chi connectivity index (χ1n) is 3.63. The van der Waals surface area contributed by atoms with Crippen LogP contribution in [-0.4, -0.2) is 6.54 Å². The molecular formula is C8H13N3. The highest BCUT2D eigenvalue weighted by Gasteiger charge is 1.95. The predicted molar refractivity (Wildman–Crippen MR) is 49.4 cm³/mol. The van der Waals surface area contributed by atoms with Crippen LogP contribution in [0.2, 0.25) is 0 Å². The molecule has 0 aliphatic carbocycles. The van der Waals surface area contributed by atoms with Crippen LogP contribution in [0.3, 0.4) is 0 Å². The SMILES string of the molecule is CCNc1cc(N)ccc1N. The maximum Gasteiger partial charge on any atom is 0.0594 e. The summed E-state index contributed by atoms with van der Waals surface area (Å²) in [6, 6.07) is 5.42. The lowest BCUT2D eigenvalue weighted by molar-refractivity contribution is 1.21. The molecule has 0 atom stereocenters. The molecule has 0 aliphatic rings. The van der Waals surface area contributed by atoms with Crippen LogP contribution in [0, 0.1) is 0 Å². The summed E-state index contributed by atoms with van der Waals surface area (Å²) in [6.07, 6.45) is 0. The molecule has 0 heterocycles. The van der Waals surface area contributed by atoms with E-state index >= 15 is 0 Å². The lowest BCUT2D eigenvalue weighted by Gasteiger charge is -2.06. The molecule has 0 saturated carbocycles. The van der Waals surface area contributed by atoms with E-state index in [9.17, 15) is 0 Å². The van der Waals surface area contributed by atoms with Gasteiger partial charge in [0.25, 0.3) is 0 Å². The van der Waals surface area contributed by atoms with Crippen molar-refractivity contribution in [3.63, 3.8) is 0 Å². The number of benzene rings is 1. The molecule has 1 aromatic rings. The molecule has 0 aliphatic heterocycles. The number of nitrogen functional groups attached to an aromatic ring is 2. The Balaban J connectivity index is 2.93. The second-order valence-corrected chi connectivity index (χ2v) is 2.38. The molecule has 60 valence electrons. The molecule has 0 amide bonds. The summed E-state index contributed by atoms with van der Waals surface area (Å²) in [6.45, 7) is 2.87.